The van der Waals surface area contributed by atoms with E-state index in [4.69, 9.17) is 0 Å². The monoisotopic (exact) mass is 545 g/mol. The number of likely N-dealkylation sites (tertiary alicyclic amines) is 1. The first kappa shape index (κ1) is 25.5. The number of halogens is 8. The second-order valence-electron chi connectivity index (χ2n) is 8.50. The van der Waals surface area contributed by atoms with E-state index < -0.39 is 89.8 Å². The molecule has 0 bridgehead atoms. The molecule has 0 spiro atoms. The van der Waals surface area contributed by atoms with Crippen LogP contribution in [-0.4, -0.2) is 40.6 Å². The summed E-state index contributed by atoms with van der Waals surface area (Å²) in [4.78, 5) is 25.0. The van der Waals surface area contributed by atoms with Gasteiger partial charge < -0.3 is 10.0 Å². The summed E-state index contributed by atoms with van der Waals surface area (Å²) in [6, 6.07) is 0.876. The van der Waals surface area contributed by atoms with Gasteiger partial charge in [0.25, 0.3) is 0 Å². The third-order valence-corrected chi connectivity index (χ3v) is 6.90. The summed E-state index contributed by atoms with van der Waals surface area (Å²) in [5.74, 6) is -4.73. The summed E-state index contributed by atoms with van der Waals surface area (Å²) in [6.07, 6.45) is -11.7. The van der Waals surface area contributed by atoms with Crippen LogP contribution < -0.4 is 0 Å². The number of alkyl halides is 7. The second-order valence-corrected chi connectivity index (χ2v) is 9.42. The molecule has 2 aliphatic rings. The Kier molecular flexibility index (Phi) is 6.17. The number of carbonyl (C=O) groups excluding carboxylic acids is 1. The molecular weight excluding hydrogens is 527 g/mol. The van der Waals surface area contributed by atoms with Crippen molar-refractivity contribution in [2.24, 2.45) is 11.3 Å². The van der Waals surface area contributed by atoms with Gasteiger partial charge in [-0.2, -0.15) is 26.3 Å². The van der Waals surface area contributed by atoms with E-state index in [0.717, 1.165) is 19.1 Å². The minimum Gasteiger partial charge on any atom is -0.480 e. The average molecular weight is 546 g/mol. The Balaban J connectivity index is 2.08. The highest BCUT2D eigenvalue weighted by Gasteiger charge is 2.71. The summed E-state index contributed by atoms with van der Waals surface area (Å²) < 4.78 is 98.1. The van der Waals surface area contributed by atoms with E-state index in [2.05, 4.69) is 22.5 Å². The maximum Gasteiger partial charge on any atom is 0.416 e. The average Bonchev–Trinajstić information content (AvgIpc) is 3.38. The maximum absolute atomic E-state index is 16.5. The van der Waals surface area contributed by atoms with Gasteiger partial charge in [-0.1, -0.05) is 28.6 Å². The molecule has 12 heteroatoms. The number of nitrogens with zero attached hydrogens (tertiary/aromatic N) is 1. The van der Waals surface area contributed by atoms with Crippen LogP contribution in [0.3, 0.4) is 0 Å². The van der Waals surface area contributed by atoms with Gasteiger partial charge in [0.2, 0.25) is 5.91 Å². The zero-order valence-corrected chi connectivity index (χ0v) is 18.7. The van der Waals surface area contributed by atoms with E-state index >= 15 is 4.39 Å². The zero-order chi connectivity index (χ0) is 25.1. The van der Waals surface area contributed by atoms with Gasteiger partial charge in [-0.3, -0.25) is 4.79 Å². The number of amides is 1. The van der Waals surface area contributed by atoms with Crippen LogP contribution in [-0.2, 0) is 21.4 Å². The molecule has 0 radical (unpaired) electrons. The van der Waals surface area contributed by atoms with Crippen molar-refractivity contribution < 1.29 is 45.4 Å². The van der Waals surface area contributed by atoms with Gasteiger partial charge in [-0.25, -0.2) is 9.18 Å². The van der Waals surface area contributed by atoms with E-state index in [1.807, 2.05) is 0 Å². The second kappa shape index (κ2) is 7.99. The molecule has 1 N–H and O–H groups in total. The summed E-state index contributed by atoms with van der Waals surface area (Å²) in [5, 5.41) is 9.53. The molecule has 33 heavy (non-hydrogen) atoms. The molecule has 2 unspecified atom stereocenters. The predicted octanol–water partition coefficient (Wildman–Crippen LogP) is 5.85. The van der Waals surface area contributed by atoms with Crippen LogP contribution in [0.4, 0.5) is 30.7 Å². The molecule has 4 nitrogen and oxygen atoms in total. The molecule has 3 rings (SSSR count). The Bertz CT molecular complexity index is 1000. The van der Waals surface area contributed by atoms with Gasteiger partial charge in [-0.05, 0) is 43.9 Å². The molecule has 1 aliphatic heterocycles. The first-order chi connectivity index (χ1) is 15.0. The molecular formula is C21H19BrF7NO3. The van der Waals surface area contributed by atoms with Crippen molar-refractivity contribution in [3.63, 3.8) is 0 Å². The highest BCUT2D eigenvalue weighted by Crippen LogP contribution is 2.60. The number of hydrogen-bond acceptors (Lipinski definition) is 2. The lowest BCUT2D eigenvalue weighted by Crippen LogP contribution is -2.48. The molecule has 1 saturated carbocycles. The van der Waals surface area contributed by atoms with E-state index in [1.54, 1.807) is 0 Å². The van der Waals surface area contributed by atoms with Crippen molar-refractivity contribution in [3.8, 4) is 0 Å². The molecule has 1 amide bonds. The fourth-order valence-electron chi connectivity index (χ4n) is 4.47. The smallest absolute Gasteiger partial charge is 0.416 e. The van der Waals surface area contributed by atoms with E-state index in [9.17, 15) is 41.0 Å². The number of allylic oxidation sites excluding steroid dienone is 1. The topological polar surface area (TPSA) is 57.6 Å². The van der Waals surface area contributed by atoms with Crippen molar-refractivity contribution in [2.45, 2.75) is 50.2 Å². The molecule has 1 aromatic carbocycles. The molecule has 2 fully saturated rings. The quantitative estimate of drug-likeness (QED) is 0.373. The number of aliphatic carboxylic acids is 1. The Hall–Kier alpha value is -2.11. The third kappa shape index (κ3) is 4.15. The largest absolute Gasteiger partial charge is 0.480 e. The van der Waals surface area contributed by atoms with Gasteiger partial charge in [0.05, 0.1) is 5.56 Å². The first-order valence-electron chi connectivity index (χ1n) is 9.79. The highest BCUT2D eigenvalue weighted by atomic mass is 79.9. The van der Waals surface area contributed by atoms with Crippen LogP contribution in [0.15, 0.2) is 34.8 Å². The zero-order valence-electron chi connectivity index (χ0n) is 17.2. The lowest BCUT2D eigenvalue weighted by molar-refractivity contribution is -0.200. The standard InChI is InChI=1S/C21H19BrF7NO3/c1-10(2)19(23,13-4-3-12(22)8-14(13)20(24,25)26)11-7-15(16(31)32)30(9-11)17(33)18(5-6-18)21(27,28)29/h3-4,8,11,15H,1,5-7,9H2,2H3,(H,31,32)/t11?,15-,19?/m0/s1. The van der Waals surface area contributed by atoms with Crippen molar-refractivity contribution in [3.05, 3.63) is 46.0 Å². The molecule has 182 valence electrons. The van der Waals surface area contributed by atoms with Crippen LogP contribution in [0.5, 0.6) is 0 Å². The fraction of sp³-hybridized carbons (Fsp3) is 0.524. The van der Waals surface area contributed by atoms with Gasteiger partial charge in [-0.15, -0.1) is 0 Å². The minimum absolute atomic E-state index is 0.00938. The molecule has 3 atom stereocenters. The Morgan fingerprint density at radius 3 is 2.12 bits per heavy atom. The van der Waals surface area contributed by atoms with E-state index in [-0.39, 0.29) is 4.47 Å². The number of hydrogen-bond donors (Lipinski definition) is 1. The number of carboxylic acids is 1. The third-order valence-electron chi connectivity index (χ3n) is 6.41. The SMILES string of the molecule is C=C(C)C(F)(c1ccc(Br)cc1C(F)(F)F)C1C[C@@H](C(=O)O)N(C(=O)C2(C(F)(F)F)CC2)C1. The fourth-order valence-corrected chi connectivity index (χ4v) is 4.83. The summed E-state index contributed by atoms with van der Waals surface area (Å²) in [6.45, 7) is 3.76. The molecule has 1 aromatic rings. The van der Waals surface area contributed by atoms with Gasteiger partial charge in [0.15, 0.2) is 5.67 Å². The maximum atomic E-state index is 16.5. The number of benzene rings is 1. The van der Waals surface area contributed by atoms with Crippen molar-refractivity contribution in [1.82, 2.24) is 4.90 Å². The Morgan fingerprint density at radius 1 is 1.12 bits per heavy atom. The van der Waals surface area contributed by atoms with Gasteiger partial charge in [0, 0.05) is 22.5 Å². The van der Waals surface area contributed by atoms with Gasteiger partial charge in [0.1, 0.15) is 11.5 Å². The molecule has 0 aromatic heterocycles. The number of rotatable bonds is 5. The summed E-state index contributed by atoms with van der Waals surface area (Å²) in [7, 11) is 0. The van der Waals surface area contributed by atoms with Crippen LogP contribution in [0, 0.1) is 11.3 Å². The minimum atomic E-state index is -4.99. The lowest BCUT2D eigenvalue weighted by atomic mass is 9.75. The van der Waals surface area contributed by atoms with Crippen molar-refractivity contribution in [1.29, 1.82) is 0 Å². The summed E-state index contributed by atoms with van der Waals surface area (Å²) in [5.41, 5.74) is -8.27. The predicted molar refractivity (Wildman–Crippen MR) is 106 cm³/mol. The lowest BCUT2D eigenvalue weighted by Gasteiger charge is -2.35. The summed E-state index contributed by atoms with van der Waals surface area (Å²) >= 11 is 2.90. The number of carboxylic acid groups (broad SMARTS) is 1. The normalized spacial score (nSPS) is 24.3. The molecule has 1 aliphatic carbocycles. The number of carbonyl (C=O) groups is 2. The first-order valence-corrected chi connectivity index (χ1v) is 10.6. The van der Waals surface area contributed by atoms with E-state index in [1.165, 1.54) is 0 Å². The van der Waals surface area contributed by atoms with Crippen molar-refractivity contribution in [2.75, 3.05) is 6.54 Å². The Labute approximate surface area is 192 Å². The van der Waals surface area contributed by atoms with Crippen LogP contribution in [0.25, 0.3) is 0 Å². The highest BCUT2D eigenvalue weighted by molar-refractivity contribution is 9.10. The van der Waals surface area contributed by atoms with Crippen LogP contribution in [0.1, 0.15) is 37.3 Å². The van der Waals surface area contributed by atoms with Crippen molar-refractivity contribution >= 4 is 27.8 Å². The van der Waals surface area contributed by atoms with Crippen LogP contribution in [0.2, 0.25) is 0 Å². The van der Waals surface area contributed by atoms with Gasteiger partial charge >= 0.3 is 18.3 Å². The molecule has 1 heterocycles. The van der Waals surface area contributed by atoms with E-state index in [0.29, 0.717) is 11.0 Å². The molecule has 1 saturated heterocycles. The van der Waals surface area contributed by atoms with Crippen LogP contribution >= 0.6 is 15.9 Å². The Morgan fingerprint density at radius 2 is 1.70 bits per heavy atom.